The Hall–Kier alpha value is -1.36. The Morgan fingerprint density at radius 3 is 2.43 bits per heavy atom. The fraction of sp³-hybridized carbons (Fsp3) is 0.417. The molecule has 0 spiro atoms. The van der Waals surface area contributed by atoms with Crippen LogP contribution in [0.2, 0.25) is 0 Å². The van der Waals surface area contributed by atoms with E-state index >= 15 is 0 Å². The molecule has 0 aliphatic rings. The number of halogens is 1. The summed E-state index contributed by atoms with van der Waals surface area (Å²) in [5.41, 5.74) is 1.50. The lowest BCUT2D eigenvalue weighted by atomic mass is 9.89. The van der Waals surface area contributed by atoms with Gasteiger partial charge in [0.05, 0.1) is 12.0 Å². The van der Waals surface area contributed by atoms with Crippen LogP contribution in [0.1, 0.15) is 30.9 Å². The normalized spacial score (nSPS) is 12.6. The van der Waals surface area contributed by atoms with Gasteiger partial charge in [0, 0.05) is 0 Å². The zero-order valence-corrected chi connectivity index (χ0v) is 8.71. The second-order valence-electron chi connectivity index (χ2n) is 3.86. The highest BCUT2D eigenvalue weighted by Gasteiger charge is 2.15. The van der Waals surface area contributed by atoms with Gasteiger partial charge in [0.1, 0.15) is 5.82 Å². The molecular weight excluding hydrogens is 177 g/mol. The van der Waals surface area contributed by atoms with E-state index in [0.717, 1.165) is 5.56 Å². The van der Waals surface area contributed by atoms with Crippen LogP contribution in [-0.4, -0.2) is 0 Å². The number of nitriles is 1. The molecule has 0 N–H and O–H groups in total. The molecule has 0 saturated carbocycles. The second-order valence-corrected chi connectivity index (χ2v) is 3.86. The molecule has 0 bridgehead atoms. The SMILES string of the molecule is Cc1cc(C(C#N)C(C)C)ccc1F. The fourth-order valence-corrected chi connectivity index (χ4v) is 1.47. The summed E-state index contributed by atoms with van der Waals surface area (Å²) in [5.74, 6) is -0.103. The highest BCUT2D eigenvalue weighted by atomic mass is 19.1. The van der Waals surface area contributed by atoms with Crippen molar-refractivity contribution in [3.8, 4) is 6.07 Å². The molecule has 2 heteroatoms. The van der Waals surface area contributed by atoms with Crippen molar-refractivity contribution in [1.82, 2.24) is 0 Å². The summed E-state index contributed by atoms with van der Waals surface area (Å²) >= 11 is 0. The third-order valence-electron chi connectivity index (χ3n) is 2.35. The van der Waals surface area contributed by atoms with Crippen LogP contribution >= 0.6 is 0 Å². The summed E-state index contributed by atoms with van der Waals surface area (Å²) in [7, 11) is 0. The fourth-order valence-electron chi connectivity index (χ4n) is 1.47. The molecule has 1 nitrogen and oxygen atoms in total. The molecule has 0 aromatic heterocycles. The molecule has 0 radical (unpaired) electrons. The van der Waals surface area contributed by atoms with Crippen LogP contribution in [-0.2, 0) is 0 Å². The van der Waals surface area contributed by atoms with Crippen molar-refractivity contribution in [2.75, 3.05) is 0 Å². The Morgan fingerprint density at radius 1 is 1.36 bits per heavy atom. The molecule has 1 unspecified atom stereocenters. The number of rotatable bonds is 2. The Balaban J connectivity index is 3.08. The first kappa shape index (κ1) is 10.7. The van der Waals surface area contributed by atoms with E-state index in [9.17, 15) is 4.39 Å². The quantitative estimate of drug-likeness (QED) is 0.702. The van der Waals surface area contributed by atoms with E-state index in [2.05, 4.69) is 6.07 Å². The van der Waals surface area contributed by atoms with Gasteiger partial charge in [-0.25, -0.2) is 4.39 Å². The van der Waals surface area contributed by atoms with E-state index < -0.39 is 0 Å². The molecule has 0 aliphatic carbocycles. The molecule has 1 atom stereocenters. The number of nitrogens with zero attached hydrogens (tertiary/aromatic N) is 1. The Morgan fingerprint density at radius 2 is 2.00 bits per heavy atom. The maximum Gasteiger partial charge on any atom is 0.126 e. The van der Waals surface area contributed by atoms with Gasteiger partial charge < -0.3 is 0 Å². The van der Waals surface area contributed by atoms with Crippen molar-refractivity contribution in [3.05, 3.63) is 35.1 Å². The van der Waals surface area contributed by atoms with E-state index in [1.165, 1.54) is 6.07 Å². The molecule has 0 fully saturated rings. The van der Waals surface area contributed by atoms with Crippen molar-refractivity contribution in [2.45, 2.75) is 26.7 Å². The van der Waals surface area contributed by atoms with Crippen molar-refractivity contribution >= 4 is 0 Å². The van der Waals surface area contributed by atoms with Crippen molar-refractivity contribution < 1.29 is 4.39 Å². The summed E-state index contributed by atoms with van der Waals surface area (Å²) in [6.07, 6.45) is 0. The molecule has 74 valence electrons. The Kier molecular flexibility index (Phi) is 3.24. The Labute approximate surface area is 84.2 Å². The molecule has 1 aromatic carbocycles. The largest absolute Gasteiger partial charge is 0.207 e. The molecule has 0 saturated heterocycles. The summed E-state index contributed by atoms with van der Waals surface area (Å²) in [5, 5.41) is 8.97. The molecule has 0 amide bonds. The first-order valence-electron chi connectivity index (χ1n) is 4.72. The van der Waals surface area contributed by atoms with Crippen LogP contribution < -0.4 is 0 Å². The van der Waals surface area contributed by atoms with Gasteiger partial charge in [-0.15, -0.1) is 0 Å². The summed E-state index contributed by atoms with van der Waals surface area (Å²) in [6, 6.07) is 7.11. The standard InChI is InChI=1S/C12H14FN/c1-8(2)11(7-14)10-4-5-12(13)9(3)6-10/h4-6,8,11H,1-3H3. The van der Waals surface area contributed by atoms with Crippen molar-refractivity contribution in [2.24, 2.45) is 5.92 Å². The van der Waals surface area contributed by atoms with Crippen LogP contribution in [0.3, 0.4) is 0 Å². The lowest BCUT2D eigenvalue weighted by Crippen LogP contribution is -2.04. The maximum absolute atomic E-state index is 13.0. The zero-order chi connectivity index (χ0) is 10.7. The highest BCUT2D eigenvalue weighted by Crippen LogP contribution is 2.24. The number of aryl methyl sites for hydroxylation is 1. The smallest absolute Gasteiger partial charge is 0.126 e. The van der Waals surface area contributed by atoms with Gasteiger partial charge in [-0.1, -0.05) is 26.0 Å². The van der Waals surface area contributed by atoms with Crippen molar-refractivity contribution in [3.63, 3.8) is 0 Å². The summed E-state index contributed by atoms with van der Waals surface area (Å²) < 4.78 is 13.0. The minimum Gasteiger partial charge on any atom is -0.207 e. The maximum atomic E-state index is 13.0. The van der Waals surface area contributed by atoms with Gasteiger partial charge in [-0.3, -0.25) is 0 Å². The summed E-state index contributed by atoms with van der Waals surface area (Å²) in [4.78, 5) is 0. The third-order valence-corrected chi connectivity index (χ3v) is 2.35. The monoisotopic (exact) mass is 191 g/mol. The van der Waals surface area contributed by atoms with Gasteiger partial charge in [0.2, 0.25) is 0 Å². The van der Waals surface area contributed by atoms with E-state index in [1.807, 2.05) is 13.8 Å². The average Bonchev–Trinajstić information content (AvgIpc) is 2.11. The highest BCUT2D eigenvalue weighted by molar-refractivity contribution is 5.30. The lowest BCUT2D eigenvalue weighted by Gasteiger charge is -2.13. The van der Waals surface area contributed by atoms with E-state index in [4.69, 9.17) is 5.26 Å². The van der Waals surface area contributed by atoms with Crippen LogP contribution in [0.15, 0.2) is 18.2 Å². The van der Waals surface area contributed by atoms with Crippen LogP contribution in [0, 0.1) is 30.0 Å². The second kappa shape index (κ2) is 4.23. The van der Waals surface area contributed by atoms with E-state index in [-0.39, 0.29) is 17.7 Å². The number of hydrogen-bond donors (Lipinski definition) is 0. The van der Waals surface area contributed by atoms with Crippen LogP contribution in [0.5, 0.6) is 0 Å². The minimum absolute atomic E-state index is 0.144. The topological polar surface area (TPSA) is 23.8 Å². The van der Waals surface area contributed by atoms with Gasteiger partial charge in [-0.05, 0) is 30.0 Å². The van der Waals surface area contributed by atoms with E-state index in [0.29, 0.717) is 5.56 Å². The molecule has 0 aliphatic heterocycles. The summed E-state index contributed by atoms with van der Waals surface area (Å²) in [6.45, 7) is 5.70. The first-order valence-corrected chi connectivity index (χ1v) is 4.72. The lowest BCUT2D eigenvalue weighted by molar-refractivity contribution is 0.581. The van der Waals surface area contributed by atoms with Gasteiger partial charge in [0.25, 0.3) is 0 Å². The van der Waals surface area contributed by atoms with Crippen LogP contribution in [0.4, 0.5) is 4.39 Å². The predicted octanol–water partition coefficient (Wildman–Crippen LogP) is 3.40. The van der Waals surface area contributed by atoms with Gasteiger partial charge in [0.15, 0.2) is 0 Å². The minimum atomic E-state index is -0.214. The van der Waals surface area contributed by atoms with Crippen molar-refractivity contribution in [1.29, 1.82) is 5.26 Å². The molecule has 1 rings (SSSR count). The third kappa shape index (κ3) is 2.11. The predicted molar refractivity (Wildman–Crippen MR) is 54.3 cm³/mol. The molecule has 14 heavy (non-hydrogen) atoms. The van der Waals surface area contributed by atoms with Gasteiger partial charge in [-0.2, -0.15) is 5.26 Å². The number of benzene rings is 1. The Bertz CT molecular complexity index is 363. The molecule has 0 heterocycles. The van der Waals surface area contributed by atoms with E-state index in [1.54, 1.807) is 19.1 Å². The van der Waals surface area contributed by atoms with Gasteiger partial charge >= 0.3 is 0 Å². The zero-order valence-electron chi connectivity index (χ0n) is 8.71. The first-order chi connectivity index (χ1) is 6.56. The molecule has 1 aromatic rings. The average molecular weight is 191 g/mol. The number of hydrogen-bond acceptors (Lipinski definition) is 1. The molecular formula is C12H14FN. The van der Waals surface area contributed by atoms with Crippen LogP contribution in [0.25, 0.3) is 0 Å².